The van der Waals surface area contributed by atoms with Gasteiger partial charge in [0, 0.05) is 9.50 Å². The van der Waals surface area contributed by atoms with Crippen LogP contribution in [-0.4, -0.2) is 0 Å². The van der Waals surface area contributed by atoms with E-state index in [-0.39, 0.29) is 6.04 Å². The van der Waals surface area contributed by atoms with E-state index in [9.17, 15) is 0 Å². The summed E-state index contributed by atoms with van der Waals surface area (Å²) in [6.07, 6.45) is 4.95. The van der Waals surface area contributed by atoms with Crippen LogP contribution in [0, 0.1) is 0 Å². The van der Waals surface area contributed by atoms with Gasteiger partial charge >= 0.3 is 0 Å². The molecule has 0 amide bonds. The van der Waals surface area contributed by atoms with Gasteiger partial charge in [-0.25, -0.2) is 0 Å². The maximum absolute atomic E-state index is 6.40. The highest BCUT2D eigenvalue weighted by Gasteiger charge is 2.16. The molecule has 0 radical (unpaired) electrons. The minimum atomic E-state index is -0.164. The molecule has 0 aromatic heterocycles. The molecule has 0 aliphatic heterocycles. The summed E-state index contributed by atoms with van der Waals surface area (Å²) in [5, 5.41) is 0.713. The van der Waals surface area contributed by atoms with Crippen molar-refractivity contribution in [3.63, 3.8) is 0 Å². The lowest BCUT2D eigenvalue weighted by atomic mass is 9.88. The van der Waals surface area contributed by atoms with Gasteiger partial charge < -0.3 is 5.73 Å². The lowest BCUT2D eigenvalue weighted by Crippen LogP contribution is -2.14. The van der Waals surface area contributed by atoms with Crippen molar-refractivity contribution in [2.75, 3.05) is 0 Å². The summed E-state index contributed by atoms with van der Waals surface area (Å²) in [5.74, 6) is 0. The molecule has 0 fully saturated rings. The van der Waals surface area contributed by atoms with E-state index in [0.717, 1.165) is 15.6 Å². The summed E-state index contributed by atoms with van der Waals surface area (Å²) in [7, 11) is 0. The zero-order valence-corrected chi connectivity index (χ0v) is 13.5. The van der Waals surface area contributed by atoms with Gasteiger partial charge in [-0.2, -0.15) is 0 Å². The lowest BCUT2D eigenvalue weighted by Gasteiger charge is -2.20. The van der Waals surface area contributed by atoms with E-state index in [4.69, 9.17) is 17.3 Å². The Kier molecular flexibility index (Phi) is 4.16. The van der Waals surface area contributed by atoms with Crippen molar-refractivity contribution in [2.24, 2.45) is 5.73 Å². The predicted molar refractivity (Wildman–Crippen MR) is 88.3 cm³/mol. The van der Waals surface area contributed by atoms with Crippen LogP contribution in [0.15, 0.2) is 40.9 Å². The number of rotatable bonds is 2. The van der Waals surface area contributed by atoms with Crippen LogP contribution in [0.4, 0.5) is 0 Å². The number of aryl methyl sites for hydroxylation is 2. The Hall–Kier alpha value is -0.830. The van der Waals surface area contributed by atoms with E-state index >= 15 is 0 Å². The minimum absolute atomic E-state index is 0.164. The Labute approximate surface area is 133 Å². The Morgan fingerprint density at radius 1 is 1.00 bits per heavy atom. The SMILES string of the molecule is NC(c1ccc2c(c1)CCCC2)c1ccc(Br)cc1Cl. The second-order valence-electron chi connectivity index (χ2n) is 5.38. The van der Waals surface area contributed by atoms with Crippen LogP contribution in [0.3, 0.4) is 0 Å². The molecule has 104 valence electrons. The quantitative estimate of drug-likeness (QED) is 0.807. The Morgan fingerprint density at radius 2 is 1.75 bits per heavy atom. The van der Waals surface area contributed by atoms with Gasteiger partial charge in [0.15, 0.2) is 0 Å². The van der Waals surface area contributed by atoms with E-state index in [1.54, 1.807) is 0 Å². The molecule has 0 bridgehead atoms. The molecule has 0 saturated carbocycles. The van der Waals surface area contributed by atoms with Gasteiger partial charge in [0.25, 0.3) is 0 Å². The van der Waals surface area contributed by atoms with Crippen molar-refractivity contribution in [1.82, 2.24) is 0 Å². The fourth-order valence-corrected chi connectivity index (χ4v) is 3.67. The Balaban J connectivity index is 1.95. The van der Waals surface area contributed by atoms with Crippen molar-refractivity contribution >= 4 is 27.5 Å². The summed E-state index contributed by atoms with van der Waals surface area (Å²) >= 11 is 9.73. The van der Waals surface area contributed by atoms with Gasteiger partial charge in [-0.1, -0.05) is 51.8 Å². The third kappa shape index (κ3) is 2.78. The maximum atomic E-state index is 6.40. The van der Waals surface area contributed by atoms with Crippen LogP contribution in [0.25, 0.3) is 0 Å². The van der Waals surface area contributed by atoms with Gasteiger partial charge in [-0.05, 0) is 60.1 Å². The first-order valence-corrected chi connectivity index (χ1v) is 8.14. The first-order chi connectivity index (χ1) is 9.65. The second kappa shape index (κ2) is 5.88. The van der Waals surface area contributed by atoms with Crippen LogP contribution in [0.1, 0.15) is 41.1 Å². The van der Waals surface area contributed by atoms with Gasteiger partial charge in [-0.3, -0.25) is 0 Å². The van der Waals surface area contributed by atoms with Crippen LogP contribution >= 0.6 is 27.5 Å². The average molecular weight is 351 g/mol. The van der Waals surface area contributed by atoms with Gasteiger partial charge in [0.05, 0.1) is 6.04 Å². The number of hydrogen-bond acceptors (Lipinski definition) is 1. The molecule has 1 unspecified atom stereocenters. The lowest BCUT2D eigenvalue weighted by molar-refractivity contribution is 0.682. The Morgan fingerprint density at radius 3 is 2.50 bits per heavy atom. The third-order valence-corrected chi connectivity index (χ3v) is 4.85. The summed E-state index contributed by atoms with van der Waals surface area (Å²) < 4.78 is 0.976. The van der Waals surface area contributed by atoms with E-state index in [1.165, 1.54) is 36.8 Å². The third-order valence-electron chi connectivity index (χ3n) is 4.03. The molecule has 3 heteroatoms. The van der Waals surface area contributed by atoms with Crippen molar-refractivity contribution in [1.29, 1.82) is 0 Å². The van der Waals surface area contributed by atoms with Crippen molar-refractivity contribution < 1.29 is 0 Å². The van der Waals surface area contributed by atoms with Crippen LogP contribution in [0.2, 0.25) is 5.02 Å². The van der Waals surface area contributed by atoms with E-state index in [2.05, 4.69) is 34.1 Å². The topological polar surface area (TPSA) is 26.0 Å². The minimum Gasteiger partial charge on any atom is -0.320 e. The molecule has 2 aromatic carbocycles. The van der Waals surface area contributed by atoms with Crippen LogP contribution < -0.4 is 5.73 Å². The molecule has 20 heavy (non-hydrogen) atoms. The molecule has 1 aliphatic rings. The van der Waals surface area contributed by atoms with Gasteiger partial charge in [-0.15, -0.1) is 0 Å². The molecule has 0 saturated heterocycles. The normalized spacial score (nSPS) is 15.8. The highest BCUT2D eigenvalue weighted by Crippen LogP contribution is 2.31. The molecular formula is C17H17BrClN. The average Bonchev–Trinajstić information content (AvgIpc) is 2.46. The number of fused-ring (bicyclic) bond motifs is 1. The van der Waals surface area contributed by atoms with Crippen molar-refractivity contribution in [2.45, 2.75) is 31.7 Å². The second-order valence-corrected chi connectivity index (χ2v) is 6.70. The Bertz CT molecular complexity index is 639. The van der Waals surface area contributed by atoms with Gasteiger partial charge in [0.2, 0.25) is 0 Å². The maximum Gasteiger partial charge on any atom is 0.0566 e. The summed E-state index contributed by atoms with van der Waals surface area (Å²) in [4.78, 5) is 0. The predicted octanol–water partition coefficient (Wildman–Crippen LogP) is 5.03. The number of hydrogen-bond donors (Lipinski definition) is 1. The molecule has 1 aliphatic carbocycles. The first-order valence-electron chi connectivity index (χ1n) is 6.97. The highest BCUT2D eigenvalue weighted by atomic mass is 79.9. The molecular weight excluding hydrogens is 334 g/mol. The fourth-order valence-electron chi connectivity index (χ4n) is 2.88. The molecule has 2 aromatic rings. The molecule has 0 heterocycles. The zero-order chi connectivity index (χ0) is 14.1. The largest absolute Gasteiger partial charge is 0.320 e. The summed E-state index contributed by atoms with van der Waals surface area (Å²) in [5.41, 5.74) is 11.5. The van der Waals surface area contributed by atoms with Crippen LogP contribution in [0.5, 0.6) is 0 Å². The van der Waals surface area contributed by atoms with E-state index < -0.39 is 0 Å². The molecule has 0 spiro atoms. The number of halogens is 2. The first kappa shape index (κ1) is 14.1. The fraction of sp³-hybridized carbons (Fsp3) is 0.294. The zero-order valence-electron chi connectivity index (χ0n) is 11.2. The number of nitrogens with two attached hydrogens (primary N) is 1. The van der Waals surface area contributed by atoms with Crippen molar-refractivity contribution in [3.8, 4) is 0 Å². The summed E-state index contributed by atoms with van der Waals surface area (Å²) in [6, 6.07) is 12.4. The smallest absolute Gasteiger partial charge is 0.0566 e. The molecule has 1 nitrogen and oxygen atoms in total. The van der Waals surface area contributed by atoms with Crippen molar-refractivity contribution in [3.05, 3.63) is 68.1 Å². The molecule has 1 atom stereocenters. The number of benzene rings is 2. The molecule has 2 N–H and O–H groups in total. The van der Waals surface area contributed by atoms with E-state index in [0.29, 0.717) is 5.02 Å². The van der Waals surface area contributed by atoms with Crippen LogP contribution in [-0.2, 0) is 12.8 Å². The van der Waals surface area contributed by atoms with E-state index in [1.807, 2.05) is 18.2 Å². The van der Waals surface area contributed by atoms with Gasteiger partial charge in [0.1, 0.15) is 0 Å². The standard InChI is InChI=1S/C17H17BrClN/c18-14-7-8-15(16(19)10-14)17(20)13-6-5-11-3-1-2-4-12(11)9-13/h5-10,17H,1-4,20H2. The molecule has 3 rings (SSSR count). The highest BCUT2D eigenvalue weighted by molar-refractivity contribution is 9.10. The summed E-state index contributed by atoms with van der Waals surface area (Å²) in [6.45, 7) is 0. The monoisotopic (exact) mass is 349 g/mol.